The predicted molar refractivity (Wildman–Crippen MR) is 149 cm³/mol. The Morgan fingerprint density at radius 2 is 1.95 bits per heavy atom. The number of ether oxygens (including phenoxy) is 1. The van der Waals surface area contributed by atoms with Gasteiger partial charge in [0.2, 0.25) is 5.91 Å². The number of amides is 1. The number of benzene rings is 1. The first-order valence-corrected chi connectivity index (χ1v) is 14.4. The number of allylic oxidation sites excluding steroid dienone is 1. The van der Waals surface area contributed by atoms with Crippen molar-refractivity contribution in [3.8, 4) is 5.75 Å². The zero-order valence-corrected chi connectivity index (χ0v) is 23.9. The summed E-state index contributed by atoms with van der Waals surface area (Å²) in [7, 11) is 0. The Hall–Kier alpha value is -3.71. The number of carbonyl (C=O) groups excluding carboxylic acids is 1. The van der Waals surface area contributed by atoms with Crippen LogP contribution in [0.5, 0.6) is 5.75 Å². The fourth-order valence-electron chi connectivity index (χ4n) is 4.85. The van der Waals surface area contributed by atoms with Gasteiger partial charge < -0.3 is 9.64 Å². The van der Waals surface area contributed by atoms with Crippen LogP contribution in [0.25, 0.3) is 5.70 Å². The number of hydrogen-bond acceptors (Lipinski definition) is 7. The molecule has 0 aliphatic carbocycles. The lowest BCUT2D eigenvalue weighted by atomic mass is 9.97. The van der Waals surface area contributed by atoms with E-state index >= 15 is 0 Å². The number of nitrogens with one attached hydrogen (secondary N) is 1. The molecule has 2 aliphatic heterocycles. The van der Waals surface area contributed by atoms with E-state index in [0.29, 0.717) is 43.3 Å². The molecule has 42 heavy (non-hydrogen) atoms. The highest BCUT2D eigenvalue weighted by molar-refractivity contribution is 7.09. The minimum atomic E-state index is -3.01. The van der Waals surface area contributed by atoms with Crippen LogP contribution < -0.4 is 10.2 Å². The smallest absolute Gasteiger partial charge is 0.282 e. The Morgan fingerprint density at radius 3 is 2.67 bits per heavy atom. The Labute approximate surface area is 244 Å². The molecule has 0 spiro atoms. The zero-order chi connectivity index (χ0) is 29.8. The van der Waals surface area contributed by atoms with Gasteiger partial charge in [-0.05, 0) is 51.0 Å². The van der Waals surface area contributed by atoms with Gasteiger partial charge >= 0.3 is 0 Å². The van der Waals surface area contributed by atoms with Crippen molar-refractivity contribution in [1.82, 2.24) is 25.1 Å². The van der Waals surface area contributed by atoms with Crippen LogP contribution >= 0.6 is 11.3 Å². The monoisotopic (exact) mass is 605 g/mol. The molecule has 1 unspecified atom stereocenters. The summed E-state index contributed by atoms with van der Waals surface area (Å²) in [4.78, 5) is 25.0. The third-order valence-electron chi connectivity index (χ3n) is 7.13. The topological polar surface area (TPSA) is 81.5 Å². The number of carbonyl (C=O) groups is 1. The minimum absolute atomic E-state index is 0.127. The van der Waals surface area contributed by atoms with E-state index in [1.165, 1.54) is 16.9 Å². The fraction of sp³-hybridized carbons (Fsp3) is 0.414. The van der Waals surface area contributed by atoms with Gasteiger partial charge in [-0.25, -0.2) is 22.5 Å². The highest BCUT2D eigenvalue weighted by Gasteiger charge is 2.29. The molecule has 224 valence electrons. The molecule has 1 atom stereocenters. The first-order valence-electron chi connectivity index (χ1n) is 13.6. The summed E-state index contributed by atoms with van der Waals surface area (Å²) in [5.74, 6) is 0.433. The van der Waals surface area contributed by atoms with Crippen molar-refractivity contribution in [1.29, 1.82) is 0 Å². The number of nitrogens with zero attached hydrogens (tertiary/aromatic N) is 4. The number of thiazole rings is 1. The van der Waals surface area contributed by atoms with E-state index in [4.69, 9.17) is 14.6 Å². The number of rotatable bonds is 10. The van der Waals surface area contributed by atoms with Gasteiger partial charge in [0.1, 0.15) is 36.4 Å². The summed E-state index contributed by atoms with van der Waals surface area (Å²) in [6.07, 6.45) is -1.09. The number of halogens is 4. The Bertz CT molecular complexity index is 1460. The van der Waals surface area contributed by atoms with Gasteiger partial charge in [-0.15, -0.1) is 11.3 Å². The van der Waals surface area contributed by atoms with Crippen molar-refractivity contribution in [3.63, 3.8) is 0 Å². The summed E-state index contributed by atoms with van der Waals surface area (Å²) in [6, 6.07) is 8.37. The van der Waals surface area contributed by atoms with E-state index in [1.807, 2.05) is 55.6 Å². The van der Waals surface area contributed by atoms with Gasteiger partial charge in [-0.3, -0.25) is 19.8 Å². The molecule has 5 rings (SSSR count). The van der Waals surface area contributed by atoms with Crippen molar-refractivity contribution in [2.75, 3.05) is 19.7 Å². The van der Waals surface area contributed by atoms with Crippen molar-refractivity contribution >= 4 is 22.9 Å². The number of piperidine rings is 1. The minimum Gasteiger partial charge on any atom is -0.489 e. The SMILES string of the molecule is CC(C)=CCOc1ccccc1C1C=C(c2csc(C3CCN(C(=O)Cn4nc(C(F)F)cc4C(F)F)CC3)n2)NO1. The van der Waals surface area contributed by atoms with Crippen molar-refractivity contribution in [3.05, 3.63) is 81.1 Å². The molecule has 4 heterocycles. The highest BCUT2D eigenvalue weighted by atomic mass is 32.1. The second-order valence-electron chi connectivity index (χ2n) is 10.3. The van der Waals surface area contributed by atoms with Gasteiger partial charge in [0, 0.05) is 30.0 Å². The molecular weight excluding hydrogens is 574 g/mol. The first kappa shape index (κ1) is 29.8. The molecule has 1 saturated heterocycles. The van der Waals surface area contributed by atoms with Gasteiger partial charge in [0.25, 0.3) is 12.9 Å². The van der Waals surface area contributed by atoms with E-state index in [9.17, 15) is 22.4 Å². The van der Waals surface area contributed by atoms with Gasteiger partial charge in [-0.1, -0.05) is 23.8 Å². The summed E-state index contributed by atoms with van der Waals surface area (Å²) in [5.41, 5.74) is 5.11. The van der Waals surface area contributed by atoms with E-state index in [-0.39, 0.29) is 12.0 Å². The first-order chi connectivity index (χ1) is 20.2. The molecule has 1 aromatic carbocycles. The second-order valence-corrected chi connectivity index (χ2v) is 11.2. The average molecular weight is 606 g/mol. The molecular formula is C29H31F4N5O3S. The molecule has 0 radical (unpaired) electrons. The molecule has 2 aliphatic rings. The average Bonchev–Trinajstić information content (AvgIpc) is 3.73. The zero-order valence-electron chi connectivity index (χ0n) is 23.1. The highest BCUT2D eigenvalue weighted by Crippen LogP contribution is 2.36. The maximum atomic E-state index is 13.3. The molecule has 13 heteroatoms. The maximum Gasteiger partial charge on any atom is 0.282 e. The summed E-state index contributed by atoms with van der Waals surface area (Å²) in [6.45, 7) is 4.80. The maximum absolute atomic E-state index is 13.3. The summed E-state index contributed by atoms with van der Waals surface area (Å²) < 4.78 is 59.1. The lowest BCUT2D eigenvalue weighted by Crippen LogP contribution is -2.40. The van der Waals surface area contributed by atoms with Crippen LogP contribution in [0, 0.1) is 0 Å². The van der Waals surface area contributed by atoms with Crippen LogP contribution in [0.2, 0.25) is 0 Å². The molecule has 3 aromatic rings. The lowest BCUT2D eigenvalue weighted by molar-refractivity contribution is -0.133. The summed E-state index contributed by atoms with van der Waals surface area (Å²) in [5, 5.41) is 6.41. The van der Waals surface area contributed by atoms with Crippen LogP contribution in [0.4, 0.5) is 17.6 Å². The van der Waals surface area contributed by atoms with E-state index < -0.39 is 36.7 Å². The largest absolute Gasteiger partial charge is 0.489 e. The summed E-state index contributed by atoms with van der Waals surface area (Å²) >= 11 is 1.53. The Morgan fingerprint density at radius 1 is 1.19 bits per heavy atom. The standard InChI is InChI=1S/C29H31F4N5O3S/c1-17(2)9-12-40-24-6-4-3-5-19(24)25-14-20(36-41-25)22-16-42-29(34-22)18-7-10-37(11-8-18)26(39)15-38-23(28(32)33)13-21(35-38)27(30)31/h3-6,9,13-14,16,18,25,27-28,36H,7-8,10-12,15H2,1-2H3. The van der Waals surface area contributed by atoms with Crippen LogP contribution in [-0.2, 0) is 16.2 Å². The molecule has 0 bridgehead atoms. The molecule has 8 nitrogen and oxygen atoms in total. The van der Waals surface area contributed by atoms with Gasteiger partial charge in [0.05, 0.1) is 16.4 Å². The van der Waals surface area contributed by atoms with Crippen molar-refractivity contribution in [2.45, 2.75) is 58.1 Å². The van der Waals surface area contributed by atoms with Crippen LogP contribution in [0.3, 0.4) is 0 Å². The quantitative estimate of drug-likeness (QED) is 0.208. The molecule has 2 aromatic heterocycles. The lowest BCUT2D eigenvalue weighted by Gasteiger charge is -2.31. The molecule has 1 N–H and O–H groups in total. The number of likely N-dealkylation sites (tertiary alicyclic amines) is 1. The molecule has 0 saturated carbocycles. The number of hydroxylamine groups is 1. The molecule has 1 fully saturated rings. The van der Waals surface area contributed by atoms with Crippen LogP contribution in [0.1, 0.15) is 79.2 Å². The predicted octanol–water partition coefficient (Wildman–Crippen LogP) is 6.58. The molecule has 1 amide bonds. The Balaban J connectivity index is 1.18. The number of aromatic nitrogens is 3. The van der Waals surface area contributed by atoms with Crippen molar-refractivity contribution in [2.24, 2.45) is 0 Å². The van der Waals surface area contributed by atoms with Crippen molar-refractivity contribution < 1.29 is 31.9 Å². The van der Waals surface area contributed by atoms with E-state index in [1.54, 1.807) is 4.90 Å². The van der Waals surface area contributed by atoms with E-state index in [2.05, 4.69) is 10.6 Å². The Kier molecular flexibility index (Phi) is 9.27. The fourth-order valence-corrected chi connectivity index (χ4v) is 5.84. The number of alkyl halides is 4. The normalized spacial score (nSPS) is 17.5. The number of hydrogen-bond donors (Lipinski definition) is 1. The second kappa shape index (κ2) is 13.1. The third kappa shape index (κ3) is 6.84. The third-order valence-corrected chi connectivity index (χ3v) is 8.13. The van der Waals surface area contributed by atoms with Gasteiger partial charge in [-0.2, -0.15) is 5.10 Å². The van der Waals surface area contributed by atoms with Crippen LogP contribution in [-0.4, -0.2) is 45.3 Å². The van der Waals surface area contributed by atoms with Gasteiger partial charge in [0.15, 0.2) is 0 Å². The van der Waals surface area contributed by atoms with E-state index in [0.717, 1.165) is 27.7 Å². The van der Waals surface area contributed by atoms with Crippen LogP contribution in [0.15, 0.2) is 53.4 Å². The number of para-hydroxylation sites is 1.